The Morgan fingerprint density at radius 1 is 1.40 bits per heavy atom. The number of alkyl halides is 3. The molecule has 188 valence electrons. The molecule has 1 aromatic carbocycles. The zero-order valence-electron chi connectivity index (χ0n) is 19.3. The minimum atomic E-state index is -4.03. The van der Waals surface area contributed by atoms with E-state index in [1.165, 1.54) is 11.9 Å². The Kier molecular flexibility index (Phi) is 7.40. The maximum absolute atomic E-state index is 13.2. The average Bonchev–Trinajstić information content (AvgIpc) is 3.58. The van der Waals surface area contributed by atoms with Crippen molar-refractivity contribution in [1.82, 2.24) is 14.5 Å². The maximum atomic E-state index is 13.2. The summed E-state index contributed by atoms with van der Waals surface area (Å²) < 4.78 is 54.5. The maximum Gasteiger partial charge on any atom is 0.370 e. The van der Waals surface area contributed by atoms with Crippen molar-refractivity contribution in [2.45, 2.75) is 43.9 Å². The number of hydrogen-bond donors (Lipinski definition) is 2. The van der Waals surface area contributed by atoms with Crippen molar-refractivity contribution >= 4 is 22.6 Å². The molecule has 0 aromatic heterocycles. The van der Waals surface area contributed by atoms with Crippen molar-refractivity contribution in [3.63, 3.8) is 0 Å². The lowest BCUT2D eigenvalue weighted by molar-refractivity contribution is -0.204. The van der Waals surface area contributed by atoms with E-state index in [0.717, 1.165) is 34.4 Å². The van der Waals surface area contributed by atoms with Gasteiger partial charge in [-0.25, -0.2) is 18.1 Å². The normalized spacial score (nSPS) is 23.3. The predicted octanol–water partition coefficient (Wildman–Crippen LogP) is 3.23. The van der Waals surface area contributed by atoms with Crippen LogP contribution in [0.2, 0.25) is 0 Å². The Balaban J connectivity index is 1.63. The van der Waals surface area contributed by atoms with Gasteiger partial charge in [0.1, 0.15) is 17.5 Å². The number of allylic oxidation sites excluding steroid dienone is 4. The molecule has 1 aliphatic heterocycles. The van der Waals surface area contributed by atoms with Crippen LogP contribution in [-0.2, 0) is 17.4 Å². The number of rotatable bonds is 8. The fraction of sp³-hybridized carbons (Fsp3) is 0.480. The number of nitrogens with zero attached hydrogens (tertiary/aromatic N) is 2. The van der Waals surface area contributed by atoms with Crippen LogP contribution in [0.4, 0.5) is 18.0 Å². The van der Waals surface area contributed by atoms with Gasteiger partial charge >= 0.3 is 12.1 Å². The highest BCUT2D eigenvalue weighted by Gasteiger charge is 2.61. The van der Waals surface area contributed by atoms with Crippen molar-refractivity contribution in [1.29, 1.82) is 0 Å². The van der Waals surface area contributed by atoms with E-state index in [0.29, 0.717) is 12.8 Å². The van der Waals surface area contributed by atoms with Gasteiger partial charge in [0.05, 0.1) is 6.04 Å². The molecule has 3 unspecified atom stereocenters. The van der Waals surface area contributed by atoms with Crippen LogP contribution in [0.1, 0.15) is 30.4 Å². The molecule has 10 heteroatoms. The van der Waals surface area contributed by atoms with Crippen LogP contribution in [-0.4, -0.2) is 69.5 Å². The fourth-order valence-electron chi connectivity index (χ4n) is 4.91. The topological polar surface area (TPSA) is 72.9 Å². The average molecular weight is 508 g/mol. The van der Waals surface area contributed by atoms with E-state index in [-0.39, 0.29) is 12.0 Å². The first-order valence-corrected chi connectivity index (χ1v) is 12.7. The molecule has 0 bridgehead atoms. The van der Waals surface area contributed by atoms with E-state index in [1.54, 1.807) is 0 Å². The molecule has 1 saturated carbocycles. The quantitative estimate of drug-likeness (QED) is 0.531. The van der Waals surface area contributed by atoms with Crippen LogP contribution in [0.3, 0.4) is 0 Å². The number of aliphatic hydroxyl groups is 1. The second-order valence-corrected chi connectivity index (χ2v) is 10.5. The van der Waals surface area contributed by atoms with Gasteiger partial charge in [-0.05, 0) is 36.5 Å². The monoisotopic (exact) mass is 507 g/mol. The summed E-state index contributed by atoms with van der Waals surface area (Å²) in [6.07, 6.45) is 4.33. The number of likely N-dealkylation sites (N-methyl/N-ethyl adjacent to an activating group) is 1. The lowest BCUT2D eigenvalue weighted by atomic mass is 9.91. The molecule has 1 heterocycles. The molecule has 35 heavy (non-hydrogen) atoms. The Bertz CT molecular complexity index is 1120. The summed E-state index contributed by atoms with van der Waals surface area (Å²) in [5.41, 5.74) is 2.27. The van der Waals surface area contributed by atoms with Crippen molar-refractivity contribution in [3.05, 3.63) is 53.6 Å². The Morgan fingerprint density at radius 3 is 2.86 bits per heavy atom. The molecular weight excluding hydrogens is 479 g/mol. The van der Waals surface area contributed by atoms with Gasteiger partial charge in [-0.15, -0.1) is 0 Å². The minimum Gasteiger partial charge on any atom is -0.335 e. The summed E-state index contributed by atoms with van der Waals surface area (Å²) in [5, 5.41) is 8.91. The number of hydrogen-bond acceptors (Lipinski definition) is 3. The Hall–Kier alpha value is -2.61. The standard InChI is InChI=1S/C25H28F3N3O3S/c1-30(16-25(27,28)33)23(32)31-15-24(11-12-24)22(29-35(34)17-26)21(31)14-18-7-6-10-20(13-18)19-8-4-2-3-5-9-19/h2,4,6-8,10,13,21-22,29,33H,3,11-12,14-17H2,1H3. The molecule has 4 rings (SSSR count). The van der Waals surface area contributed by atoms with Gasteiger partial charge in [0.2, 0.25) is 0 Å². The first-order valence-electron chi connectivity index (χ1n) is 11.4. The van der Waals surface area contributed by atoms with Crippen molar-refractivity contribution in [2.75, 3.05) is 26.1 Å². The summed E-state index contributed by atoms with van der Waals surface area (Å²) in [7, 11) is -0.727. The first-order chi connectivity index (χ1) is 16.6. The summed E-state index contributed by atoms with van der Waals surface area (Å²) in [4.78, 5) is 15.5. The molecular formula is C25H28F3N3O3S. The summed E-state index contributed by atoms with van der Waals surface area (Å²) >= 11 is 0. The molecule has 0 radical (unpaired) electrons. The van der Waals surface area contributed by atoms with E-state index in [9.17, 15) is 22.2 Å². The first kappa shape index (κ1) is 25.5. The largest absolute Gasteiger partial charge is 0.370 e. The van der Waals surface area contributed by atoms with Crippen LogP contribution in [0, 0.1) is 17.3 Å². The third kappa shape index (κ3) is 5.97. The van der Waals surface area contributed by atoms with Gasteiger partial charge in [-0.1, -0.05) is 48.3 Å². The van der Waals surface area contributed by atoms with Gasteiger partial charge in [0.25, 0.3) is 0 Å². The lowest BCUT2D eigenvalue weighted by Gasteiger charge is -2.32. The summed E-state index contributed by atoms with van der Waals surface area (Å²) in [5.74, 6) is 6.21. The smallest absolute Gasteiger partial charge is 0.335 e. The highest BCUT2D eigenvalue weighted by molar-refractivity contribution is 7.82. The predicted molar refractivity (Wildman–Crippen MR) is 128 cm³/mol. The molecule has 2 amide bonds. The molecule has 1 spiro atoms. The number of amides is 2. The van der Waals surface area contributed by atoms with Gasteiger partial charge in [-0.3, -0.25) is 0 Å². The lowest BCUT2D eigenvalue weighted by Crippen LogP contribution is -2.52. The van der Waals surface area contributed by atoms with E-state index < -0.39 is 47.8 Å². The number of urea groups is 1. The Labute approximate surface area is 205 Å². The van der Waals surface area contributed by atoms with E-state index in [1.807, 2.05) is 42.5 Å². The zero-order valence-corrected chi connectivity index (χ0v) is 20.2. The van der Waals surface area contributed by atoms with Gasteiger partial charge < -0.3 is 14.9 Å². The number of halogens is 3. The summed E-state index contributed by atoms with van der Waals surface area (Å²) in [6, 6.07) is 4.96. The van der Waals surface area contributed by atoms with Gasteiger partial charge in [-0.2, -0.15) is 8.78 Å². The molecule has 1 aromatic rings. The van der Waals surface area contributed by atoms with E-state index in [4.69, 9.17) is 5.11 Å². The minimum absolute atomic E-state index is 0.278. The van der Waals surface area contributed by atoms with Crippen LogP contribution in [0.15, 0.2) is 42.5 Å². The Morgan fingerprint density at radius 2 is 2.17 bits per heavy atom. The van der Waals surface area contributed by atoms with Crippen molar-refractivity contribution in [2.24, 2.45) is 5.41 Å². The molecule has 2 N–H and O–H groups in total. The van der Waals surface area contributed by atoms with Crippen LogP contribution in [0.5, 0.6) is 0 Å². The van der Waals surface area contributed by atoms with Crippen LogP contribution < -0.4 is 4.72 Å². The molecule has 6 nitrogen and oxygen atoms in total. The second kappa shape index (κ2) is 10.2. The van der Waals surface area contributed by atoms with Crippen molar-refractivity contribution < 1.29 is 27.3 Å². The third-order valence-corrected chi connectivity index (χ3v) is 7.42. The molecule has 2 fully saturated rings. The number of carbonyl (C=O) groups is 1. The zero-order chi connectivity index (χ0) is 25.2. The number of nitrogens with one attached hydrogen (secondary N) is 1. The SMILES string of the molecule is CN(CC(O)(F)F)C(=O)N1CC2(CC2)C(NS(=O)CF)C1Cc1cccc(C2=CC=CCC#C2)c1. The molecule has 1 saturated heterocycles. The van der Waals surface area contributed by atoms with Gasteiger partial charge in [0, 0.05) is 37.0 Å². The van der Waals surface area contributed by atoms with Crippen LogP contribution >= 0.6 is 0 Å². The van der Waals surface area contributed by atoms with Crippen molar-refractivity contribution in [3.8, 4) is 11.8 Å². The van der Waals surface area contributed by atoms with E-state index in [2.05, 4.69) is 16.6 Å². The highest BCUT2D eigenvalue weighted by atomic mass is 32.2. The molecule has 3 aliphatic rings. The fourth-order valence-corrected chi connectivity index (χ4v) is 5.67. The molecule has 3 atom stereocenters. The third-order valence-electron chi connectivity index (χ3n) is 6.70. The number of carbonyl (C=O) groups excluding carboxylic acids is 1. The molecule has 2 aliphatic carbocycles. The van der Waals surface area contributed by atoms with Gasteiger partial charge in [0.15, 0.2) is 6.01 Å². The highest BCUT2D eigenvalue weighted by Crippen LogP contribution is 2.55. The number of likely N-dealkylation sites (tertiary alicyclic amines) is 1. The van der Waals surface area contributed by atoms with E-state index >= 15 is 0 Å². The number of benzene rings is 1. The summed E-state index contributed by atoms with van der Waals surface area (Å²) in [6.45, 7) is -0.869. The van der Waals surface area contributed by atoms with Crippen LogP contribution in [0.25, 0.3) is 5.57 Å². The second-order valence-electron chi connectivity index (χ2n) is 9.33.